The molecule has 0 unspecified atom stereocenters. The van der Waals surface area contributed by atoms with Gasteiger partial charge in [0.05, 0.1) is 29.3 Å². The van der Waals surface area contributed by atoms with Crippen LogP contribution in [0, 0.1) is 23.6 Å². The predicted molar refractivity (Wildman–Crippen MR) is 129 cm³/mol. The van der Waals surface area contributed by atoms with Gasteiger partial charge in [-0.05, 0) is 38.5 Å². The number of carbonyl (C=O) groups is 1. The summed E-state index contributed by atoms with van der Waals surface area (Å²) in [5.74, 6) is 5.17. The summed E-state index contributed by atoms with van der Waals surface area (Å²) in [6, 6.07) is 4.43. The van der Waals surface area contributed by atoms with Crippen molar-refractivity contribution in [2.75, 3.05) is 25.6 Å². The number of aliphatic imine (C=N–C) groups is 1. The van der Waals surface area contributed by atoms with E-state index in [1.807, 2.05) is 6.92 Å². The molecule has 1 aliphatic heterocycles. The zero-order chi connectivity index (χ0) is 24.3. The topological polar surface area (TPSA) is 112 Å². The van der Waals surface area contributed by atoms with Crippen LogP contribution in [0.5, 0.6) is 5.88 Å². The number of anilines is 1. The second kappa shape index (κ2) is 9.60. The van der Waals surface area contributed by atoms with Crippen LogP contribution < -0.4 is 15.8 Å². The Morgan fingerprint density at radius 3 is 2.91 bits per heavy atom. The first-order valence-corrected chi connectivity index (χ1v) is 11.6. The smallest absolute Gasteiger partial charge is 0.275 e. The van der Waals surface area contributed by atoms with Crippen molar-refractivity contribution in [3.63, 3.8) is 0 Å². The number of amidine groups is 1. The van der Waals surface area contributed by atoms with Gasteiger partial charge in [0, 0.05) is 30.7 Å². The Morgan fingerprint density at radius 2 is 2.21 bits per heavy atom. The number of methoxy groups -OCH3 is 1. The number of rotatable bonds is 8. The zero-order valence-electron chi connectivity index (χ0n) is 19.2. The molecule has 1 amide bonds. The number of ether oxygens (including phenoxy) is 2. The van der Waals surface area contributed by atoms with Gasteiger partial charge in [-0.2, -0.15) is 0 Å². The van der Waals surface area contributed by atoms with E-state index in [1.165, 1.54) is 36.3 Å². The molecule has 2 heterocycles. The van der Waals surface area contributed by atoms with Crippen molar-refractivity contribution in [3.8, 4) is 17.7 Å². The number of benzene rings is 1. The molecule has 0 spiro atoms. The van der Waals surface area contributed by atoms with Crippen LogP contribution in [0.4, 0.5) is 10.1 Å². The quantitative estimate of drug-likeness (QED) is 0.437. The monoisotopic (exact) mass is 483 g/mol. The first-order chi connectivity index (χ1) is 16.3. The highest BCUT2D eigenvalue weighted by molar-refractivity contribution is 8.15. The minimum atomic E-state index is -0.861. The van der Waals surface area contributed by atoms with Crippen molar-refractivity contribution in [1.29, 1.82) is 0 Å². The molecule has 1 aromatic carbocycles. The lowest BCUT2D eigenvalue weighted by molar-refractivity contribution is 0.102. The first-order valence-electron chi connectivity index (χ1n) is 10.8. The van der Waals surface area contributed by atoms with Crippen LogP contribution >= 0.6 is 11.8 Å². The molecule has 3 N–H and O–H groups in total. The maximum atomic E-state index is 15.0. The Bertz CT molecular complexity index is 1180. The Hall–Kier alpha value is -3.16. The third kappa shape index (κ3) is 4.72. The number of fused-ring (bicyclic) bond motifs is 1. The van der Waals surface area contributed by atoms with Crippen molar-refractivity contribution < 1.29 is 18.7 Å². The summed E-state index contributed by atoms with van der Waals surface area (Å²) in [5, 5.41) is 3.16. The van der Waals surface area contributed by atoms with Crippen molar-refractivity contribution in [2.24, 2.45) is 16.6 Å². The zero-order valence-corrected chi connectivity index (χ0v) is 20.0. The summed E-state index contributed by atoms with van der Waals surface area (Å²) >= 11 is 1.49. The lowest BCUT2D eigenvalue weighted by atomic mass is 9.85. The fourth-order valence-electron chi connectivity index (χ4n) is 4.36. The molecule has 0 radical (unpaired) electrons. The molecule has 1 fully saturated rings. The van der Waals surface area contributed by atoms with Crippen LogP contribution in [-0.2, 0) is 10.3 Å². The van der Waals surface area contributed by atoms with E-state index in [4.69, 9.17) is 15.2 Å². The van der Waals surface area contributed by atoms with Crippen LogP contribution in [0.25, 0.3) is 0 Å². The number of nitrogens with one attached hydrogen (secondary N) is 1. The van der Waals surface area contributed by atoms with E-state index >= 15 is 0 Å². The van der Waals surface area contributed by atoms with Crippen LogP contribution in [0.15, 0.2) is 35.6 Å². The number of hydrogen-bond donors (Lipinski definition) is 2. The molecule has 0 saturated heterocycles. The number of nitrogens with two attached hydrogens (primary N) is 1. The molecular formula is C24H26FN5O3S. The molecule has 178 valence electrons. The molecule has 2 aromatic rings. The van der Waals surface area contributed by atoms with Gasteiger partial charge in [-0.1, -0.05) is 11.8 Å². The molecule has 1 saturated carbocycles. The molecule has 10 heteroatoms. The van der Waals surface area contributed by atoms with E-state index in [-0.39, 0.29) is 16.4 Å². The summed E-state index contributed by atoms with van der Waals surface area (Å²) < 4.78 is 25.6. The van der Waals surface area contributed by atoms with Crippen molar-refractivity contribution in [3.05, 3.63) is 47.7 Å². The molecule has 8 nitrogen and oxygen atoms in total. The van der Waals surface area contributed by atoms with E-state index in [9.17, 15) is 9.18 Å². The third-order valence-corrected chi connectivity index (χ3v) is 7.30. The van der Waals surface area contributed by atoms with E-state index in [1.54, 1.807) is 20.1 Å². The van der Waals surface area contributed by atoms with Gasteiger partial charge in [0.15, 0.2) is 5.17 Å². The molecule has 2 aliphatic rings. The van der Waals surface area contributed by atoms with Crippen LogP contribution in [0.3, 0.4) is 0 Å². The number of aromatic nitrogens is 2. The average molecular weight is 484 g/mol. The summed E-state index contributed by atoms with van der Waals surface area (Å²) in [5.41, 5.74) is 6.16. The minimum absolute atomic E-state index is 0.0689. The normalized spacial score (nSPS) is 24.8. The lowest BCUT2D eigenvalue weighted by Crippen LogP contribution is -2.37. The highest BCUT2D eigenvalue weighted by Crippen LogP contribution is 2.66. The highest BCUT2D eigenvalue weighted by atomic mass is 32.2. The Kier molecular flexibility index (Phi) is 6.77. The molecule has 4 rings (SSSR count). The molecule has 34 heavy (non-hydrogen) atoms. The third-order valence-electron chi connectivity index (χ3n) is 6.03. The SMILES string of the molecule is CC#CCCOc1cnc(C(=O)Nc2ccc(F)c([C@]3(C)N=C(N)S[C@@]4(COC)C[C@H]43)c2)cn1. The first kappa shape index (κ1) is 24.0. The van der Waals surface area contributed by atoms with Gasteiger partial charge in [0.25, 0.3) is 5.91 Å². The summed E-state index contributed by atoms with van der Waals surface area (Å²) in [6.07, 6.45) is 4.10. The predicted octanol–water partition coefficient (Wildman–Crippen LogP) is 3.34. The lowest BCUT2D eigenvalue weighted by Gasteiger charge is -2.34. The Labute approximate surface area is 201 Å². The van der Waals surface area contributed by atoms with E-state index < -0.39 is 17.3 Å². The highest BCUT2D eigenvalue weighted by Gasteiger charge is 2.66. The van der Waals surface area contributed by atoms with E-state index in [0.29, 0.717) is 41.9 Å². The van der Waals surface area contributed by atoms with E-state index in [2.05, 4.69) is 32.1 Å². The van der Waals surface area contributed by atoms with Gasteiger partial charge in [-0.3, -0.25) is 9.79 Å². The van der Waals surface area contributed by atoms with Crippen LogP contribution in [-0.4, -0.2) is 46.1 Å². The maximum absolute atomic E-state index is 15.0. The Morgan fingerprint density at radius 1 is 1.38 bits per heavy atom. The van der Waals surface area contributed by atoms with E-state index in [0.717, 1.165) is 6.42 Å². The maximum Gasteiger partial charge on any atom is 0.275 e. The molecular weight excluding hydrogens is 457 g/mol. The number of nitrogens with zero attached hydrogens (tertiary/aromatic N) is 3. The summed E-state index contributed by atoms with van der Waals surface area (Å²) in [4.78, 5) is 25.5. The minimum Gasteiger partial charge on any atom is -0.476 e. The number of amides is 1. The average Bonchev–Trinajstić information content (AvgIpc) is 3.53. The number of thioether (sulfide) groups is 1. The molecule has 1 aromatic heterocycles. The summed E-state index contributed by atoms with van der Waals surface area (Å²) in [7, 11) is 1.64. The van der Waals surface area contributed by atoms with Gasteiger partial charge in [-0.15, -0.1) is 11.8 Å². The Balaban J connectivity index is 1.50. The van der Waals surface area contributed by atoms with Crippen LogP contribution in [0.2, 0.25) is 0 Å². The van der Waals surface area contributed by atoms with Gasteiger partial charge < -0.3 is 20.5 Å². The molecule has 1 aliphatic carbocycles. The van der Waals surface area contributed by atoms with Gasteiger partial charge in [0.2, 0.25) is 5.88 Å². The second-order valence-electron chi connectivity index (χ2n) is 8.37. The van der Waals surface area contributed by atoms with Crippen molar-refractivity contribution in [2.45, 2.75) is 37.0 Å². The largest absolute Gasteiger partial charge is 0.476 e. The standard InChI is InChI=1S/C24H26FN5O3S/c1-4-5-6-9-33-20-13-27-18(12-28-20)21(31)29-15-7-8-17(25)16(10-15)23(2)19-11-24(19,14-32-3)34-22(26)30-23/h7-8,10,12-13,19H,6,9,11,14H2,1-3H3,(H2,26,30)(H,29,31)/t19-,23-,24+/m0/s1. The molecule has 3 atom stereocenters. The van der Waals surface area contributed by atoms with Gasteiger partial charge >= 0.3 is 0 Å². The fourth-order valence-corrected chi connectivity index (χ4v) is 5.81. The fraction of sp³-hybridized carbons (Fsp3) is 0.417. The second-order valence-corrected chi connectivity index (χ2v) is 9.80. The van der Waals surface area contributed by atoms with Gasteiger partial charge in [0.1, 0.15) is 18.1 Å². The number of halogens is 1. The van der Waals surface area contributed by atoms with Crippen molar-refractivity contribution >= 4 is 28.5 Å². The summed E-state index contributed by atoms with van der Waals surface area (Å²) in [6.45, 7) is 4.53. The number of hydrogen-bond acceptors (Lipinski definition) is 8. The van der Waals surface area contributed by atoms with Crippen molar-refractivity contribution in [1.82, 2.24) is 9.97 Å². The molecule has 0 bridgehead atoms. The number of carbonyl (C=O) groups excluding carboxylic acids is 1. The van der Waals surface area contributed by atoms with Crippen LogP contribution in [0.1, 0.15) is 42.7 Å². The van der Waals surface area contributed by atoms with Gasteiger partial charge in [-0.25, -0.2) is 14.4 Å².